The molecule has 2 heterocycles. The summed E-state index contributed by atoms with van der Waals surface area (Å²) in [5, 5.41) is 1.50. The van der Waals surface area contributed by atoms with E-state index >= 15 is 0 Å². The highest BCUT2D eigenvalue weighted by molar-refractivity contribution is 8.14. The Morgan fingerprint density at radius 3 is 2.84 bits per heavy atom. The molecule has 0 aromatic carbocycles. The summed E-state index contributed by atoms with van der Waals surface area (Å²) in [5.74, 6) is -0.814. The monoisotopic (exact) mass is 297 g/mol. The number of rotatable bonds is 2. The number of amidine groups is 1. The van der Waals surface area contributed by atoms with E-state index in [1.165, 1.54) is 12.2 Å². The van der Waals surface area contributed by atoms with E-state index < -0.39 is 23.8 Å². The van der Waals surface area contributed by atoms with Gasteiger partial charge in [0.05, 0.1) is 6.61 Å². The molecular formula is C9H10F3N3O3S. The summed E-state index contributed by atoms with van der Waals surface area (Å²) in [6.07, 6.45) is -6.36. The van der Waals surface area contributed by atoms with Crippen LogP contribution in [0.3, 0.4) is 0 Å². The van der Waals surface area contributed by atoms with Gasteiger partial charge in [0.15, 0.2) is 5.17 Å². The first kappa shape index (κ1) is 14.0. The molecule has 0 aromatic heterocycles. The van der Waals surface area contributed by atoms with Crippen molar-refractivity contribution in [1.82, 2.24) is 10.2 Å². The van der Waals surface area contributed by atoms with Gasteiger partial charge in [-0.3, -0.25) is 15.0 Å². The molecule has 19 heavy (non-hydrogen) atoms. The normalized spacial score (nSPS) is 26.2. The number of halogens is 3. The molecule has 0 spiro atoms. The predicted octanol–water partition coefficient (Wildman–Crippen LogP) is 0.936. The number of ether oxygens (including phenoxy) is 1. The van der Waals surface area contributed by atoms with Crippen molar-refractivity contribution in [2.24, 2.45) is 4.99 Å². The molecule has 2 amide bonds. The van der Waals surface area contributed by atoms with E-state index in [1.807, 2.05) is 0 Å². The van der Waals surface area contributed by atoms with E-state index in [0.717, 1.165) is 16.7 Å². The van der Waals surface area contributed by atoms with Crippen molar-refractivity contribution >= 4 is 28.9 Å². The van der Waals surface area contributed by atoms with Gasteiger partial charge in [0.1, 0.15) is 0 Å². The zero-order valence-electron chi connectivity index (χ0n) is 9.78. The molecular weight excluding hydrogens is 287 g/mol. The lowest BCUT2D eigenvalue weighted by Crippen LogP contribution is -2.63. The number of alkyl carbamates (subject to hydrolysis) is 1. The molecule has 0 bridgehead atoms. The highest BCUT2D eigenvalue weighted by Crippen LogP contribution is 2.40. The largest absolute Gasteiger partial charge is 0.450 e. The van der Waals surface area contributed by atoms with E-state index in [0.29, 0.717) is 5.75 Å². The SMILES string of the molecule is CCOC(=O)N[C@@]1(C(F)(F)F)N=C2SCCN2C1=O. The zero-order chi connectivity index (χ0) is 14.3. The molecule has 6 nitrogen and oxygen atoms in total. The molecule has 10 heteroatoms. The predicted molar refractivity (Wildman–Crippen MR) is 60.5 cm³/mol. The van der Waals surface area contributed by atoms with Crippen LogP contribution in [0.2, 0.25) is 0 Å². The number of carbonyl (C=O) groups is 2. The summed E-state index contributed by atoms with van der Waals surface area (Å²) in [5.41, 5.74) is -3.26. The van der Waals surface area contributed by atoms with Gasteiger partial charge in [0.2, 0.25) is 0 Å². The molecule has 0 aliphatic carbocycles. The highest BCUT2D eigenvalue weighted by atomic mass is 32.2. The Labute approximate surface area is 110 Å². The number of amides is 2. The molecule has 0 saturated carbocycles. The van der Waals surface area contributed by atoms with Gasteiger partial charge >= 0.3 is 17.9 Å². The number of aliphatic imine (C=N–C) groups is 1. The summed E-state index contributed by atoms with van der Waals surface area (Å²) in [6, 6.07) is 0. The van der Waals surface area contributed by atoms with Crippen molar-refractivity contribution in [3.05, 3.63) is 0 Å². The van der Waals surface area contributed by atoms with Gasteiger partial charge in [-0.25, -0.2) is 9.79 Å². The zero-order valence-corrected chi connectivity index (χ0v) is 10.6. The third kappa shape index (κ3) is 2.13. The van der Waals surface area contributed by atoms with Crippen LogP contribution in [0.15, 0.2) is 4.99 Å². The summed E-state index contributed by atoms with van der Waals surface area (Å²) in [4.78, 5) is 27.4. The number of hydrogen-bond donors (Lipinski definition) is 1. The summed E-state index contributed by atoms with van der Waals surface area (Å²) in [7, 11) is 0. The third-order valence-electron chi connectivity index (χ3n) is 2.56. The van der Waals surface area contributed by atoms with Crippen LogP contribution in [0.25, 0.3) is 0 Å². The molecule has 2 rings (SSSR count). The van der Waals surface area contributed by atoms with E-state index in [-0.39, 0.29) is 18.3 Å². The Morgan fingerprint density at radius 2 is 2.32 bits per heavy atom. The number of nitrogens with zero attached hydrogens (tertiary/aromatic N) is 2. The summed E-state index contributed by atoms with van der Waals surface area (Å²) >= 11 is 1.04. The minimum Gasteiger partial charge on any atom is -0.450 e. The molecule has 1 N–H and O–H groups in total. The second-order valence-electron chi connectivity index (χ2n) is 3.75. The van der Waals surface area contributed by atoms with E-state index in [2.05, 4.69) is 9.73 Å². The first-order chi connectivity index (χ1) is 8.82. The second kappa shape index (κ2) is 4.58. The van der Waals surface area contributed by atoms with E-state index in [4.69, 9.17) is 0 Å². The van der Waals surface area contributed by atoms with Crippen LogP contribution in [0.1, 0.15) is 6.92 Å². The summed E-state index contributed by atoms with van der Waals surface area (Å²) < 4.78 is 43.8. The lowest BCUT2D eigenvalue weighted by atomic mass is 10.1. The summed E-state index contributed by atoms with van der Waals surface area (Å²) in [6.45, 7) is 1.48. The maximum Gasteiger partial charge on any atom is 0.442 e. The Hall–Kier alpha value is -1.45. The lowest BCUT2D eigenvalue weighted by molar-refractivity contribution is -0.196. The fourth-order valence-electron chi connectivity index (χ4n) is 1.72. The number of nitrogens with one attached hydrogen (secondary N) is 1. The maximum absolute atomic E-state index is 13.1. The fraction of sp³-hybridized carbons (Fsp3) is 0.667. The van der Waals surface area contributed by atoms with E-state index in [9.17, 15) is 22.8 Å². The Morgan fingerprint density at radius 1 is 1.63 bits per heavy atom. The molecule has 2 aliphatic heterocycles. The molecule has 1 saturated heterocycles. The van der Waals surface area contributed by atoms with Gasteiger partial charge in [-0.2, -0.15) is 13.2 Å². The minimum absolute atomic E-state index is 0.0286. The van der Waals surface area contributed by atoms with Gasteiger partial charge in [0, 0.05) is 12.3 Å². The average Bonchev–Trinajstić information content (AvgIpc) is 2.82. The van der Waals surface area contributed by atoms with Crippen molar-refractivity contribution in [2.45, 2.75) is 18.8 Å². The smallest absolute Gasteiger partial charge is 0.442 e. The number of fused-ring (bicyclic) bond motifs is 1. The van der Waals surface area contributed by atoms with Crippen LogP contribution in [-0.4, -0.2) is 52.8 Å². The lowest BCUT2D eigenvalue weighted by Gasteiger charge is -2.28. The topological polar surface area (TPSA) is 71.0 Å². The molecule has 1 fully saturated rings. The van der Waals surface area contributed by atoms with Crippen molar-refractivity contribution in [3.8, 4) is 0 Å². The number of thioether (sulfide) groups is 1. The van der Waals surface area contributed by atoms with Crippen LogP contribution < -0.4 is 5.32 Å². The van der Waals surface area contributed by atoms with Crippen LogP contribution in [0, 0.1) is 0 Å². The highest BCUT2D eigenvalue weighted by Gasteiger charge is 2.68. The van der Waals surface area contributed by atoms with Gasteiger partial charge in [-0.1, -0.05) is 11.8 Å². The van der Waals surface area contributed by atoms with Crippen molar-refractivity contribution in [3.63, 3.8) is 0 Å². The number of alkyl halides is 3. The Balaban J connectivity index is 2.35. The number of carbonyl (C=O) groups excluding carboxylic acids is 2. The maximum atomic E-state index is 13.1. The molecule has 0 unspecified atom stereocenters. The van der Waals surface area contributed by atoms with Gasteiger partial charge in [0.25, 0.3) is 5.91 Å². The average molecular weight is 297 g/mol. The van der Waals surface area contributed by atoms with Crippen LogP contribution in [0.5, 0.6) is 0 Å². The molecule has 0 aromatic rings. The van der Waals surface area contributed by atoms with Crippen molar-refractivity contribution < 1.29 is 27.5 Å². The standard InChI is InChI=1S/C9H10F3N3O3S/c1-2-18-7(17)14-8(9(10,11)12)5(16)15-3-4-19-6(15)13-8/h2-4H2,1H3,(H,14,17)/t8-/m0/s1. The Kier molecular flexibility index (Phi) is 3.37. The first-order valence-corrected chi connectivity index (χ1v) is 6.36. The van der Waals surface area contributed by atoms with Gasteiger partial charge in [-0.15, -0.1) is 0 Å². The third-order valence-corrected chi connectivity index (χ3v) is 3.52. The minimum atomic E-state index is -5.03. The molecule has 1 atom stereocenters. The van der Waals surface area contributed by atoms with Gasteiger partial charge in [-0.05, 0) is 6.92 Å². The fourth-order valence-corrected chi connectivity index (χ4v) is 2.71. The molecule has 0 radical (unpaired) electrons. The first-order valence-electron chi connectivity index (χ1n) is 5.38. The second-order valence-corrected chi connectivity index (χ2v) is 4.82. The number of hydrogen-bond acceptors (Lipinski definition) is 5. The quantitative estimate of drug-likeness (QED) is 0.823. The van der Waals surface area contributed by atoms with E-state index in [1.54, 1.807) is 0 Å². The Bertz CT molecular complexity index is 454. The van der Waals surface area contributed by atoms with Crippen LogP contribution >= 0.6 is 11.8 Å². The van der Waals surface area contributed by atoms with Crippen LogP contribution in [0.4, 0.5) is 18.0 Å². The molecule has 106 valence electrons. The van der Waals surface area contributed by atoms with Crippen molar-refractivity contribution in [1.29, 1.82) is 0 Å². The molecule has 2 aliphatic rings. The van der Waals surface area contributed by atoms with Crippen LogP contribution in [-0.2, 0) is 9.53 Å². The van der Waals surface area contributed by atoms with Gasteiger partial charge < -0.3 is 4.74 Å². The van der Waals surface area contributed by atoms with Crippen molar-refractivity contribution in [2.75, 3.05) is 18.9 Å².